The number of hydrogen-bond donors (Lipinski definition) is 0. The first-order valence-electron chi connectivity index (χ1n) is 7.72. The van der Waals surface area contributed by atoms with Crippen LogP contribution in [0.5, 0.6) is 0 Å². The highest BCUT2D eigenvalue weighted by Crippen LogP contribution is 2.53. The number of aryl methyl sites for hydroxylation is 1. The average molecular weight is 272 g/mol. The fourth-order valence-electron chi connectivity index (χ4n) is 3.14. The lowest BCUT2D eigenvalue weighted by atomic mass is 9.52. The molecule has 0 N–H and O–H groups in total. The van der Waals surface area contributed by atoms with E-state index in [0.717, 1.165) is 0 Å². The summed E-state index contributed by atoms with van der Waals surface area (Å²) in [6.45, 7) is 10.7. The van der Waals surface area contributed by atoms with Crippen LogP contribution in [0.25, 0.3) is 0 Å². The van der Waals surface area contributed by atoms with Crippen molar-refractivity contribution in [2.24, 2.45) is 0 Å². The maximum atomic E-state index is 6.22. The van der Waals surface area contributed by atoms with Gasteiger partial charge in [-0.2, -0.15) is 0 Å². The Morgan fingerprint density at radius 3 is 1.95 bits per heavy atom. The lowest BCUT2D eigenvalue weighted by molar-refractivity contribution is 0.00578. The Kier molecular flexibility index (Phi) is 3.26. The molecule has 3 rings (SSSR count). The van der Waals surface area contributed by atoms with Gasteiger partial charge in [-0.15, -0.1) is 0 Å². The van der Waals surface area contributed by atoms with Gasteiger partial charge in [0.1, 0.15) is 0 Å². The summed E-state index contributed by atoms with van der Waals surface area (Å²) in [4.78, 5) is 0. The summed E-state index contributed by atoms with van der Waals surface area (Å²) in [5, 5.41) is 0. The Morgan fingerprint density at radius 2 is 1.50 bits per heavy atom. The van der Waals surface area contributed by atoms with E-state index < -0.39 is 0 Å². The molecule has 20 heavy (non-hydrogen) atoms. The lowest BCUT2D eigenvalue weighted by Gasteiger charge is -2.38. The second-order valence-electron chi connectivity index (χ2n) is 7.38. The van der Waals surface area contributed by atoms with Crippen LogP contribution in [0.3, 0.4) is 0 Å². The van der Waals surface area contributed by atoms with Gasteiger partial charge in [-0.1, -0.05) is 36.2 Å². The van der Waals surface area contributed by atoms with Crippen LogP contribution < -0.4 is 0 Å². The minimum Gasteiger partial charge on any atom is -0.403 e. The normalized spacial score (nSPS) is 31.1. The third kappa shape index (κ3) is 2.21. The first-order valence-corrected chi connectivity index (χ1v) is 7.72. The maximum Gasteiger partial charge on any atom is 0.461 e. The van der Waals surface area contributed by atoms with E-state index in [4.69, 9.17) is 9.31 Å². The molecule has 0 aromatic heterocycles. The molecule has 0 spiro atoms. The minimum absolute atomic E-state index is 0.0555. The Labute approximate surface area is 123 Å². The van der Waals surface area contributed by atoms with Gasteiger partial charge in [-0.25, -0.2) is 0 Å². The van der Waals surface area contributed by atoms with Crippen molar-refractivity contribution >= 4 is 7.12 Å². The Balaban J connectivity index is 1.75. The molecule has 1 aliphatic heterocycles. The summed E-state index contributed by atoms with van der Waals surface area (Å²) in [7, 11) is -0.0555. The van der Waals surface area contributed by atoms with E-state index in [0.29, 0.717) is 11.7 Å². The summed E-state index contributed by atoms with van der Waals surface area (Å²) in [5.74, 6) is 1.09. The zero-order valence-corrected chi connectivity index (χ0v) is 13.3. The third-order valence-corrected chi connectivity index (χ3v) is 5.45. The van der Waals surface area contributed by atoms with Crippen molar-refractivity contribution in [1.82, 2.24) is 0 Å². The van der Waals surface area contributed by atoms with Crippen molar-refractivity contribution in [2.45, 2.75) is 70.4 Å². The number of rotatable bonds is 2. The second-order valence-corrected chi connectivity index (χ2v) is 7.38. The SMILES string of the molecule is Cc1ccc(C2CC[C@H]2B2OC(C)(C)C(C)(C)O2)cc1. The summed E-state index contributed by atoms with van der Waals surface area (Å²) in [6, 6.07) is 8.93. The average Bonchev–Trinajstić information content (AvgIpc) is 2.49. The first kappa shape index (κ1) is 14.2. The molecule has 1 heterocycles. The van der Waals surface area contributed by atoms with Gasteiger partial charge >= 0.3 is 7.12 Å². The van der Waals surface area contributed by atoms with Gasteiger partial charge in [-0.05, 0) is 52.5 Å². The fraction of sp³-hybridized carbons (Fsp3) is 0.647. The number of benzene rings is 1. The van der Waals surface area contributed by atoms with E-state index in [1.54, 1.807) is 0 Å². The Bertz CT molecular complexity index is 476. The first-order chi connectivity index (χ1) is 9.30. The molecular formula is C17H25BO2. The van der Waals surface area contributed by atoms with Gasteiger partial charge in [0.15, 0.2) is 0 Å². The molecule has 2 fully saturated rings. The van der Waals surface area contributed by atoms with Crippen molar-refractivity contribution in [2.75, 3.05) is 0 Å². The van der Waals surface area contributed by atoms with Crippen molar-refractivity contribution in [1.29, 1.82) is 0 Å². The van der Waals surface area contributed by atoms with Crippen molar-refractivity contribution in [3.8, 4) is 0 Å². The van der Waals surface area contributed by atoms with E-state index in [9.17, 15) is 0 Å². The van der Waals surface area contributed by atoms with Crippen LogP contribution in [0.2, 0.25) is 5.82 Å². The molecule has 1 unspecified atom stereocenters. The number of hydrogen-bond acceptors (Lipinski definition) is 2. The van der Waals surface area contributed by atoms with Crippen molar-refractivity contribution in [3.05, 3.63) is 35.4 Å². The van der Waals surface area contributed by atoms with Crippen LogP contribution >= 0.6 is 0 Å². The Morgan fingerprint density at radius 1 is 0.950 bits per heavy atom. The van der Waals surface area contributed by atoms with E-state index >= 15 is 0 Å². The summed E-state index contributed by atoms with van der Waals surface area (Å²) < 4.78 is 12.4. The summed E-state index contributed by atoms with van der Waals surface area (Å²) in [6.07, 6.45) is 2.45. The molecule has 1 saturated heterocycles. The van der Waals surface area contributed by atoms with Gasteiger partial charge in [0.05, 0.1) is 11.2 Å². The van der Waals surface area contributed by atoms with E-state index in [2.05, 4.69) is 58.9 Å². The summed E-state index contributed by atoms with van der Waals surface area (Å²) >= 11 is 0. The molecule has 108 valence electrons. The molecule has 0 radical (unpaired) electrons. The van der Waals surface area contributed by atoms with Crippen LogP contribution in [0.15, 0.2) is 24.3 Å². The lowest BCUT2D eigenvalue weighted by Crippen LogP contribution is -2.41. The van der Waals surface area contributed by atoms with E-state index in [1.165, 1.54) is 24.0 Å². The predicted octanol–water partition coefficient (Wildman–Crippen LogP) is 4.33. The maximum absolute atomic E-state index is 6.22. The molecule has 0 bridgehead atoms. The minimum atomic E-state index is -0.217. The smallest absolute Gasteiger partial charge is 0.403 e. The molecule has 2 atom stereocenters. The van der Waals surface area contributed by atoms with Crippen molar-refractivity contribution < 1.29 is 9.31 Å². The van der Waals surface area contributed by atoms with Crippen LogP contribution in [-0.2, 0) is 9.31 Å². The molecule has 1 aliphatic carbocycles. The highest BCUT2D eigenvalue weighted by atomic mass is 16.7. The monoisotopic (exact) mass is 272 g/mol. The van der Waals surface area contributed by atoms with Gasteiger partial charge in [0, 0.05) is 5.82 Å². The third-order valence-electron chi connectivity index (χ3n) is 5.45. The molecule has 1 saturated carbocycles. The van der Waals surface area contributed by atoms with Gasteiger partial charge in [0.2, 0.25) is 0 Å². The fourth-order valence-corrected chi connectivity index (χ4v) is 3.14. The van der Waals surface area contributed by atoms with Gasteiger partial charge in [0.25, 0.3) is 0 Å². The van der Waals surface area contributed by atoms with Crippen LogP contribution in [0, 0.1) is 6.92 Å². The van der Waals surface area contributed by atoms with Crippen molar-refractivity contribution in [3.63, 3.8) is 0 Å². The molecule has 1 aromatic rings. The topological polar surface area (TPSA) is 18.5 Å². The second kappa shape index (κ2) is 4.61. The molecule has 0 amide bonds. The standard InChI is InChI=1S/C17H25BO2/c1-12-6-8-13(9-7-12)14-10-11-15(14)18-19-16(2,3)17(4,5)20-18/h6-9,14-15H,10-11H2,1-5H3/t14?,15-/m1/s1. The Hall–Kier alpha value is -0.795. The largest absolute Gasteiger partial charge is 0.461 e. The quantitative estimate of drug-likeness (QED) is 0.746. The molecule has 3 heteroatoms. The zero-order valence-electron chi connectivity index (χ0n) is 13.3. The van der Waals surface area contributed by atoms with Crippen LogP contribution in [0.1, 0.15) is 57.6 Å². The van der Waals surface area contributed by atoms with Gasteiger partial charge < -0.3 is 9.31 Å². The molecular weight excluding hydrogens is 247 g/mol. The predicted molar refractivity (Wildman–Crippen MR) is 83.0 cm³/mol. The van der Waals surface area contributed by atoms with E-state index in [1.807, 2.05) is 0 Å². The molecule has 1 aromatic carbocycles. The zero-order chi connectivity index (χ0) is 14.5. The molecule has 2 nitrogen and oxygen atoms in total. The highest BCUT2D eigenvalue weighted by Gasteiger charge is 2.56. The van der Waals surface area contributed by atoms with Crippen LogP contribution in [0.4, 0.5) is 0 Å². The van der Waals surface area contributed by atoms with Crippen LogP contribution in [-0.4, -0.2) is 18.3 Å². The van der Waals surface area contributed by atoms with E-state index in [-0.39, 0.29) is 18.3 Å². The highest BCUT2D eigenvalue weighted by molar-refractivity contribution is 6.48. The summed E-state index contributed by atoms with van der Waals surface area (Å²) in [5.41, 5.74) is 2.32. The molecule has 2 aliphatic rings. The van der Waals surface area contributed by atoms with Gasteiger partial charge in [-0.3, -0.25) is 0 Å².